The predicted molar refractivity (Wildman–Crippen MR) is 116 cm³/mol. The van der Waals surface area contributed by atoms with Gasteiger partial charge in [-0.1, -0.05) is 72.8 Å². The molecule has 132 valence electrons. The van der Waals surface area contributed by atoms with E-state index in [2.05, 4.69) is 88.8 Å². The summed E-state index contributed by atoms with van der Waals surface area (Å²) in [7, 11) is 0. The first kappa shape index (κ1) is 16.4. The van der Waals surface area contributed by atoms with Gasteiger partial charge in [-0.2, -0.15) is 0 Å². The summed E-state index contributed by atoms with van der Waals surface area (Å²) in [4.78, 5) is 9.03. The normalized spacial score (nSPS) is 10.9. The predicted octanol–water partition coefficient (Wildman–Crippen LogP) is 6.63. The number of nitrogens with zero attached hydrogens (tertiary/aromatic N) is 2. The second kappa shape index (κ2) is 7.09. The van der Waals surface area contributed by atoms with Crippen molar-refractivity contribution < 1.29 is 0 Å². The zero-order valence-corrected chi connectivity index (χ0v) is 15.3. The van der Waals surface area contributed by atoms with Gasteiger partial charge in [-0.05, 0) is 40.3 Å². The zero-order chi connectivity index (χ0) is 18.8. The Balaban J connectivity index is 1.62. The van der Waals surface area contributed by atoms with Crippen molar-refractivity contribution in [2.45, 2.75) is 0 Å². The van der Waals surface area contributed by atoms with E-state index < -0.39 is 0 Å². The van der Waals surface area contributed by atoms with Gasteiger partial charge >= 0.3 is 0 Å². The van der Waals surface area contributed by atoms with E-state index in [0.29, 0.717) is 0 Å². The molecule has 0 saturated heterocycles. The largest absolute Gasteiger partial charge is 0.264 e. The first-order valence-electron chi connectivity index (χ1n) is 9.33. The number of hydrogen-bond donors (Lipinski definition) is 0. The van der Waals surface area contributed by atoms with Crippen LogP contribution in [0.1, 0.15) is 0 Å². The van der Waals surface area contributed by atoms with Crippen molar-refractivity contribution in [2.75, 3.05) is 0 Å². The van der Waals surface area contributed by atoms with Crippen LogP contribution in [0.3, 0.4) is 0 Å². The van der Waals surface area contributed by atoms with E-state index in [0.717, 1.165) is 27.8 Å². The van der Waals surface area contributed by atoms with Crippen LogP contribution in [0.15, 0.2) is 110 Å². The number of aromatic nitrogens is 2. The minimum atomic E-state index is 0.982. The van der Waals surface area contributed by atoms with Gasteiger partial charge in [0.05, 0.1) is 5.69 Å². The van der Waals surface area contributed by atoms with Crippen LogP contribution in [0.5, 0.6) is 0 Å². The molecule has 0 bridgehead atoms. The molecule has 0 spiro atoms. The first-order valence-corrected chi connectivity index (χ1v) is 9.33. The highest BCUT2D eigenvalue weighted by Gasteiger charge is 2.09. The van der Waals surface area contributed by atoms with Crippen molar-refractivity contribution >= 4 is 10.8 Å². The number of hydrogen-bond acceptors (Lipinski definition) is 2. The monoisotopic (exact) mass is 358 g/mol. The molecule has 0 aliphatic heterocycles. The molecule has 2 aromatic heterocycles. The minimum Gasteiger partial charge on any atom is -0.264 e. The molecule has 28 heavy (non-hydrogen) atoms. The van der Waals surface area contributed by atoms with Gasteiger partial charge in [0.25, 0.3) is 0 Å². The van der Waals surface area contributed by atoms with E-state index in [1.54, 1.807) is 0 Å². The van der Waals surface area contributed by atoms with Gasteiger partial charge in [0.1, 0.15) is 0 Å². The highest BCUT2D eigenvalue weighted by atomic mass is 14.7. The molecule has 0 saturated carbocycles. The summed E-state index contributed by atoms with van der Waals surface area (Å²) in [6.45, 7) is 0. The Morgan fingerprint density at radius 2 is 1.25 bits per heavy atom. The number of fused-ring (bicyclic) bond motifs is 1. The fourth-order valence-corrected chi connectivity index (χ4v) is 3.58. The molecule has 5 aromatic rings. The highest BCUT2D eigenvalue weighted by Crippen LogP contribution is 2.33. The van der Waals surface area contributed by atoms with Crippen LogP contribution in [-0.4, -0.2) is 9.97 Å². The maximum Gasteiger partial charge on any atom is 0.0708 e. The molecule has 0 aliphatic carbocycles. The lowest BCUT2D eigenvalue weighted by Gasteiger charge is -2.11. The summed E-state index contributed by atoms with van der Waals surface area (Å²) in [5.74, 6) is 0. The molecule has 0 N–H and O–H groups in total. The summed E-state index contributed by atoms with van der Waals surface area (Å²) in [5.41, 5.74) is 6.72. The van der Waals surface area contributed by atoms with E-state index in [1.807, 2.05) is 30.7 Å². The Labute approximate surface area is 164 Å². The third kappa shape index (κ3) is 3.06. The standard InChI is InChI=1S/C26H18N2/c1-2-7-19(8-3-1)25-18-27-14-13-24(25)21-11-6-12-22(15-21)26-16-20-9-4-5-10-23(20)17-28-26/h1-18H. The summed E-state index contributed by atoms with van der Waals surface area (Å²) < 4.78 is 0. The van der Waals surface area contributed by atoms with Gasteiger partial charge in [-0.15, -0.1) is 0 Å². The van der Waals surface area contributed by atoms with Crippen molar-refractivity contribution in [1.82, 2.24) is 9.97 Å². The quantitative estimate of drug-likeness (QED) is 0.362. The molecule has 0 amide bonds. The Morgan fingerprint density at radius 3 is 2.14 bits per heavy atom. The third-order valence-corrected chi connectivity index (χ3v) is 5.01. The van der Waals surface area contributed by atoms with Crippen molar-refractivity contribution in [3.63, 3.8) is 0 Å². The second-order valence-electron chi connectivity index (χ2n) is 6.78. The lowest BCUT2D eigenvalue weighted by molar-refractivity contribution is 1.33. The summed E-state index contributed by atoms with van der Waals surface area (Å²) >= 11 is 0. The molecule has 3 aromatic carbocycles. The van der Waals surface area contributed by atoms with Gasteiger partial charge in [0.2, 0.25) is 0 Å². The Morgan fingerprint density at radius 1 is 0.500 bits per heavy atom. The van der Waals surface area contributed by atoms with Crippen molar-refractivity contribution in [3.05, 3.63) is 110 Å². The van der Waals surface area contributed by atoms with Gasteiger partial charge < -0.3 is 0 Å². The maximum absolute atomic E-state index is 4.68. The molecule has 2 nitrogen and oxygen atoms in total. The Kier molecular flexibility index (Phi) is 4.15. The lowest BCUT2D eigenvalue weighted by Crippen LogP contribution is -1.89. The van der Waals surface area contributed by atoms with E-state index in [4.69, 9.17) is 0 Å². The van der Waals surface area contributed by atoms with Crippen LogP contribution in [0, 0.1) is 0 Å². The first-order chi connectivity index (χ1) is 13.9. The van der Waals surface area contributed by atoms with Gasteiger partial charge in [0, 0.05) is 35.1 Å². The highest BCUT2D eigenvalue weighted by molar-refractivity contribution is 5.87. The van der Waals surface area contributed by atoms with Crippen LogP contribution >= 0.6 is 0 Å². The molecule has 0 fully saturated rings. The van der Waals surface area contributed by atoms with Crippen molar-refractivity contribution in [1.29, 1.82) is 0 Å². The van der Waals surface area contributed by atoms with Crippen LogP contribution < -0.4 is 0 Å². The summed E-state index contributed by atoms with van der Waals surface area (Å²) in [6.07, 6.45) is 5.73. The average Bonchev–Trinajstić information content (AvgIpc) is 2.79. The molecule has 0 atom stereocenters. The van der Waals surface area contributed by atoms with Crippen LogP contribution in [0.25, 0.3) is 44.3 Å². The smallest absolute Gasteiger partial charge is 0.0708 e. The van der Waals surface area contributed by atoms with Crippen molar-refractivity contribution in [3.8, 4) is 33.5 Å². The van der Waals surface area contributed by atoms with Crippen LogP contribution in [-0.2, 0) is 0 Å². The topological polar surface area (TPSA) is 25.8 Å². The van der Waals surface area contributed by atoms with Gasteiger partial charge in [-0.3, -0.25) is 9.97 Å². The molecule has 0 unspecified atom stereocenters. The Hall–Kier alpha value is -3.78. The Bertz CT molecular complexity index is 1260. The van der Waals surface area contributed by atoms with E-state index in [-0.39, 0.29) is 0 Å². The summed E-state index contributed by atoms with van der Waals surface area (Å²) in [6, 6.07) is 31.5. The lowest BCUT2D eigenvalue weighted by atomic mass is 9.95. The summed E-state index contributed by atoms with van der Waals surface area (Å²) in [5, 5.41) is 2.36. The average molecular weight is 358 g/mol. The maximum atomic E-state index is 4.68. The molecular formula is C26H18N2. The molecule has 2 heteroatoms. The fourth-order valence-electron chi connectivity index (χ4n) is 3.58. The number of benzene rings is 3. The molecule has 0 radical (unpaired) electrons. The number of pyridine rings is 2. The van der Waals surface area contributed by atoms with Crippen LogP contribution in [0.4, 0.5) is 0 Å². The van der Waals surface area contributed by atoms with E-state index in [9.17, 15) is 0 Å². The van der Waals surface area contributed by atoms with Crippen molar-refractivity contribution in [2.24, 2.45) is 0 Å². The van der Waals surface area contributed by atoms with Gasteiger partial charge in [-0.25, -0.2) is 0 Å². The number of rotatable bonds is 3. The molecular weight excluding hydrogens is 340 g/mol. The minimum absolute atomic E-state index is 0.982. The molecule has 2 heterocycles. The van der Waals surface area contributed by atoms with E-state index in [1.165, 1.54) is 16.5 Å². The molecule has 0 aliphatic rings. The van der Waals surface area contributed by atoms with Gasteiger partial charge in [0.15, 0.2) is 0 Å². The third-order valence-electron chi connectivity index (χ3n) is 5.01. The van der Waals surface area contributed by atoms with Crippen LogP contribution in [0.2, 0.25) is 0 Å². The SMILES string of the molecule is c1ccc(-c2cnccc2-c2cccc(-c3cc4ccccc4cn3)c2)cc1. The zero-order valence-electron chi connectivity index (χ0n) is 15.3. The van der Waals surface area contributed by atoms with E-state index >= 15 is 0 Å². The molecule has 5 rings (SSSR count). The second-order valence-corrected chi connectivity index (χ2v) is 6.78. The fraction of sp³-hybridized carbons (Fsp3) is 0.